The Kier molecular flexibility index (Phi) is 5.10. The number of amides is 1. The molecule has 0 saturated heterocycles. The molecule has 3 aromatic carbocycles. The molecule has 1 unspecified atom stereocenters. The quantitative estimate of drug-likeness (QED) is 0.281. The minimum Gasteiger partial charge on any atom is -0.450 e. The first-order valence-electron chi connectivity index (χ1n) is 9.81. The van der Waals surface area contributed by atoms with Gasteiger partial charge in [0.2, 0.25) is 5.76 Å². The Morgan fingerprint density at radius 2 is 1.56 bits per heavy atom. The van der Waals surface area contributed by atoms with Gasteiger partial charge in [0, 0.05) is 20.2 Å². The predicted molar refractivity (Wildman–Crippen MR) is 129 cm³/mol. The van der Waals surface area contributed by atoms with Gasteiger partial charge in [-0.3, -0.25) is 19.3 Å². The predicted octanol–water partition coefficient (Wildman–Crippen LogP) is 6.27. The van der Waals surface area contributed by atoms with Crippen molar-refractivity contribution < 1.29 is 14.0 Å². The van der Waals surface area contributed by atoms with Gasteiger partial charge in [-0.15, -0.1) is 0 Å². The van der Waals surface area contributed by atoms with Crippen LogP contribution >= 0.6 is 31.9 Å². The van der Waals surface area contributed by atoms with Crippen molar-refractivity contribution in [2.45, 2.75) is 13.0 Å². The summed E-state index contributed by atoms with van der Waals surface area (Å²) in [5.74, 6) is -0.426. The summed E-state index contributed by atoms with van der Waals surface area (Å²) < 4.78 is 7.60. The zero-order chi connectivity index (χ0) is 22.6. The highest BCUT2D eigenvalue weighted by molar-refractivity contribution is 9.10. The van der Waals surface area contributed by atoms with Crippen LogP contribution in [0.25, 0.3) is 11.0 Å². The first kappa shape index (κ1) is 20.8. The summed E-state index contributed by atoms with van der Waals surface area (Å²) in [7, 11) is 0. The lowest BCUT2D eigenvalue weighted by Crippen LogP contribution is -2.29. The molecule has 0 radical (unpaired) electrons. The number of fused-ring (bicyclic) bond motifs is 2. The number of Topliss-reactive ketones (excluding diaryl/α,β-unsaturated/α-hetero) is 1. The Hall–Kier alpha value is -3.03. The van der Waals surface area contributed by atoms with E-state index >= 15 is 0 Å². The van der Waals surface area contributed by atoms with Gasteiger partial charge in [-0.1, -0.05) is 44.0 Å². The molecular formula is C25H15Br2NO4. The fraction of sp³-hybridized carbons (Fsp3) is 0.0800. The van der Waals surface area contributed by atoms with E-state index in [2.05, 4.69) is 31.9 Å². The van der Waals surface area contributed by atoms with Crippen molar-refractivity contribution in [1.82, 2.24) is 0 Å². The summed E-state index contributed by atoms with van der Waals surface area (Å²) in [6, 6.07) is 18.8. The molecule has 1 aromatic heterocycles. The van der Waals surface area contributed by atoms with Crippen LogP contribution in [-0.4, -0.2) is 11.7 Å². The number of nitrogens with zero attached hydrogens (tertiary/aromatic N) is 1. The SMILES string of the molecule is CC(=O)c1ccc(N2C(=O)c3oc4ccc(Br)cc4c(=O)c3C2c2ccc(Br)cc2)cc1. The summed E-state index contributed by atoms with van der Waals surface area (Å²) in [5.41, 5.74) is 2.31. The lowest BCUT2D eigenvalue weighted by Gasteiger charge is -2.25. The van der Waals surface area contributed by atoms with Crippen molar-refractivity contribution in [1.29, 1.82) is 0 Å². The van der Waals surface area contributed by atoms with E-state index < -0.39 is 11.9 Å². The van der Waals surface area contributed by atoms with Crippen LogP contribution in [0.4, 0.5) is 5.69 Å². The Morgan fingerprint density at radius 1 is 0.906 bits per heavy atom. The normalized spacial score (nSPS) is 15.3. The van der Waals surface area contributed by atoms with Crippen LogP contribution in [0.2, 0.25) is 0 Å². The highest BCUT2D eigenvalue weighted by atomic mass is 79.9. The molecule has 0 N–H and O–H groups in total. The number of carbonyl (C=O) groups excluding carboxylic acids is 2. The molecule has 1 aliphatic heterocycles. The molecule has 5 rings (SSSR count). The number of hydrogen-bond donors (Lipinski definition) is 0. The van der Waals surface area contributed by atoms with Gasteiger partial charge in [0.1, 0.15) is 5.58 Å². The summed E-state index contributed by atoms with van der Waals surface area (Å²) in [4.78, 5) is 40.4. The van der Waals surface area contributed by atoms with E-state index in [1.807, 2.05) is 24.3 Å². The number of hydrogen-bond acceptors (Lipinski definition) is 4. The third-order valence-electron chi connectivity index (χ3n) is 5.57. The number of anilines is 1. The van der Waals surface area contributed by atoms with E-state index in [1.54, 1.807) is 47.4 Å². The lowest BCUT2D eigenvalue weighted by atomic mass is 9.98. The molecule has 2 heterocycles. The van der Waals surface area contributed by atoms with Crippen LogP contribution in [0.3, 0.4) is 0 Å². The van der Waals surface area contributed by atoms with Crippen LogP contribution in [-0.2, 0) is 0 Å². The molecule has 158 valence electrons. The van der Waals surface area contributed by atoms with Gasteiger partial charge in [0.05, 0.1) is 17.0 Å². The van der Waals surface area contributed by atoms with Gasteiger partial charge in [0.15, 0.2) is 11.2 Å². The molecular weight excluding hydrogens is 538 g/mol. The molecule has 5 nitrogen and oxygen atoms in total. The van der Waals surface area contributed by atoms with Crippen molar-refractivity contribution >= 4 is 60.2 Å². The summed E-state index contributed by atoms with van der Waals surface area (Å²) in [6.07, 6.45) is 0. The number of ketones is 1. The molecule has 4 aromatic rings. The molecule has 0 spiro atoms. The Labute approximate surface area is 199 Å². The van der Waals surface area contributed by atoms with Gasteiger partial charge >= 0.3 is 0 Å². The minimum absolute atomic E-state index is 0.0355. The largest absolute Gasteiger partial charge is 0.450 e. The van der Waals surface area contributed by atoms with Crippen LogP contribution in [0.15, 0.2) is 84.9 Å². The number of carbonyl (C=O) groups is 2. The third kappa shape index (κ3) is 3.32. The second kappa shape index (κ2) is 7.83. The van der Waals surface area contributed by atoms with Gasteiger partial charge < -0.3 is 4.42 Å². The van der Waals surface area contributed by atoms with E-state index in [-0.39, 0.29) is 17.0 Å². The monoisotopic (exact) mass is 551 g/mol. The van der Waals surface area contributed by atoms with Crippen molar-refractivity contribution in [3.05, 3.63) is 108 Å². The zero-order valence-electron chi connectivity index (χ0n) is 16.8. The maximum absolute atomic E-state index is 13.6. The minimum atomic E-state index is -0.659. The molecule has 7 heteroatoms. The fourth-order valence-corrected chi connectivity index (χ4v) is 4.65. The van der Waals surface area contributed by atoms with E-state index in [0.29, 0.717) is 27.8 Å². The van der Waals surface area contributed by atoms with Crippen molar-refractivity contribution in [3.8, 4) is 0 Å². The van der Waals surface area contributed by atoms with Crippen LogP contribution in [0.5, 0.6) is 0 Å². The van der Waals surface area contributed by atoms with Crippen molar-refractivity contribution in [3.63, 3.8) is 0 Å². The van der Waals surface area contributed by atoms with Crippen molar-refractivity contribution in [2.24, 2.45) is 0 Å². The van der Waals surface area contributed by atoms with Gasteiger partial charge in [-0.05, 0) is 67.1 Å². The van der Waals surface area contributed by atoms with E-state index in [0.717, 1.165) is 14.5 Å². The molecule has 1 aliphatic rings. The molecule has 0 fully saturated rings. The van der Waals surface area contributed by atoms with Crippen LogP contribution in [0.1, 0.15) is 45.0 Å². The standard InChI is InChI=1S/C25H15Br2NO4/c1-13(29)14-4-9-18(10-5-14)28-22(15-2-6-16(26)7-3-15)21-23(30)19-12-17(27)8-11-20(19)32-24(21)25(28)31/h2-12,22H,1H3. The Balaban J connectivity index is 1.77. The second-order valence-electron chi connectivity index (χ2n) is 7.55. The molecule has 0 aliphatic carbocycles. The Bertz CT molecular complexity index is 1460. The Morgan fingerprint density at radius 3 is 2.22 bits per heavy atom. The average molecular weight is 553 g/mol. The van der Waals surface area contributed by atoms with Gasteiger partial charge in [-0.2, -0.15) is 0 Å². The second-order valence-corrected chi connectivity index (χ2v) is 9.38. The van der Waals surface area contributed by atoms with Crippen LogP contribution < -0.4 is 10.3 Å². The number of rotatable bonds is 3. The van der Waals surface area contributed by atoms with Gasteiger partial charge in [0.25, 0.3) is 5.91 Å². The van der Waals surface area contributed by atoms with Crippen LogP contribution in [0, 0.1) is 0 Å². The lowest BCUT2D eigenvalue weighted by molar-refractivity contribution is 0.0970. The fourth-order valence-electron chi connectivity index (χ4n) is 4.03. The van der Waals surface area contributed by atoms with E-state index in [1.165, 1.54) is 6.92 Å². The maximum atomic E-state index is 13.6. The summed E-state index contributed by atoms with van der Waals surface area (Å²) >= 11 is 6.84. The third-order valence-corrected chi connectivity index (χ3v) is 6.59. The highest BCUT2D eigenvalue weighted by Crippen LogP contribution is 2.41. The zero-order valence-corrected chi connectivity index (χ0v) is 19.9. The summed E-state index contributed by atoms with van der Waals surface area (Å²) in [6.45, 7) is 1.49. The number of benzene rings is 3. The molecule has 0 bridgehead atoms. The molecule has 32 heavy (non-hydrogen) atoms. The smallest absolute Gasteiger partial charge is 0.295 e. The first-order chi connectivity index (χ1) is 15.3. The molecule has 0 saturated carbocycles. The van der Waals surface area contributed by atoms with E-state index in [9.17, 15) is 14.4 Å². The topological polar surface area (TPSA) is 67.6 Å². The summed E-state index contributed by atoms with van der Waals surface area (Å²) in [5, 5.41) is 0.404. The maximum Gasteiger partial charge on any atom is 0.295 e. The van der Waals surface area contributed by atoms with Crippen molar-refractivity contribution in [2.75, 3.05) is 4.90 Å². The first-order valence-corrected chi connectivity index (χ1v) is 11.4. The number of halogens is 2. The molecule has 1 amide bonds. The van der Waals surface area contributed by atoms with E-state index in [4.69, 9.17) is 4.42 Å². The average Bonchev–Trinajstić information content (AvgIpc) is 3.07. The molecule has 1 atom stereocenters. The highest BCUT2D eigenvalue weighted by Gasteiger charge is 2.43. The van der Waals surface area contributed by atoms with Gasteiger partial charge in [-0.25, -0.2) is 0 Å².